The minimum absolute atomic E-state index is 0.255. The molecule has 0 saturated carbocycles. The van der Waals surface area contributed by atoms with E-state index < -0.39 is 0 Å². The van der Waals surface area contributed by atoms with Gasteiger partial charge in [-0.15, -0.1) is 0 Å². The molecule has 0 saturated heterocycles. The Bertz CT molecular complexity index is 478. The van der Waals surface area contributed by atoms with Crippen molar-refractivity contribution in [2.45, 2.75) is 26.3 Å². The van der Waals surface area contributed by atoms with Crippen molar-refractivity contribution in [3.63, 3.8) is 0 Å². The van der Waals surface area contributed by atoms with Crippen LogP contribution >= 0.6 is 0 Å². The van der Waals surface area contributed by atoms with Gasteiger partial charge in [0.2, 0.25) is 11.7 Å². The summed E-state index contributed by atoms with van der Waals surface area (Å²) >= 11 is 0. The van der Waals surface area contributed by atoms with Gasteiger partial charge >= 0.3 is 0 Å². The minimum Gasteiger partial charge on any atom is -0.337 e. The van der Waals surface area contributed by atoms with E-state index >= 15 is 0 Å². The summed E-state index contributed by atoms with van der Waals surface area (Å²) in [6.07, 6.45) is 2.60. The normalized spacial score (nSPS) is 12.7. The van der Waals surface area contributed by atoms with Crippen molar-refractivity contribution in [3.05, 3.63) is 29.8 Å². The fraction of sp³-hybridized carbons (Fsp3) is 0.364. The molecule has 0 aromatic carbocycles. The highest BCUT2D eigenvalue weighted by molar-refractivity contribution is 5.53. The van der Waals surface area contributed by atoms with Gasteiger partial charge < -0.3 is 10.3 Å². The minimum atomic E-state index is -0.255. The van der Waals surface area contributed by atoms with Crippen LogP contribution in [0.5, 0.6) is 0 Å². The molecule has 0 aliphatic rings. The fourth-order valence-electron chi connectivity index (χ4n) is 1.44. The van der Waals surface area contributed by atoms with Crippen LogP contribution in [0.2, 0.25) is 0 Å². The SMILES string of the molecule is CCc1cccnc1-c1noc([C@@H](C)N)n1. The second-order valence-electron chi connectivity index (χ2n) is 3.61. The summed E-state index contributed by atoms with van der Waals surface area (Å²) < 4.78 is 5.05. The molecule has 0 radical (unpaired) electrons. The molecule has 2 N–H and O–H groups in total. The van der Waals surface area contributed by atoms with Crippen molar-refractivity contribution in [2.24, 2.45) is 5.73 Å². The lowest BCUT2D eigenvalue weighted by molar-refractivity contribution is 0.362. The summed E-state index contributed by atoms with van der Waals surface area (Å²) in [5.74, 6) is 0.937. The highest BCUT2D eigenvalue weighted by Crippen LogP contribution is 2.19. The second-order valence-corrected chi connectivity index (χ2v) is 3.61. The first kappa shape index (κ1) is 10.8. The molecule has 0 fully saturated rings. The molecule has 2 aromatic rings. The first-order valence-corrected chi connectivity index (χ1v) is 5.25. The zero-order valence-electron chi connectivity index (χ0n) is 9.34. The van der Waals surface area contributed by atoms with Gasteiger partial charge in [-0.3, -0.25) is 4.98 Å². The monoisotopic (exact) mass is 218 g/mol. The number of nitrogens with zero attached hydrogens (tertiary/aromatic N) is 3. The van der Waals surface area contributed by atoms with Crippen molar-refractivity contribution in [1.82, 2.24) is 15.1 Å². The first-order chi connectivity index (χ1) is 7.72. The molecular formula is C11H14N4O. The molecule has 0 aliphatic carbocycles. The molecule has 5 nitrogen and oxygen atoms in total. The smallest absolute Gasteiger partial charge is 0.243 e. The van der Waals surface area contributed by atoms with Crippen LogP contribution in [0.25, 0.3) is 11.5 Å². The Labute approximate surface area is 93.7 Å². The van der Waals surface area contributed by atoms with E-state index in [4.69, 9.17) is 10.3 Å². The summed E-state index contributed by atoms with van der Waals surface area (Å²) in [4.78, 5) is 8.49. The van der Waals surface area contributed by atoms with E-state index in [2.05, 4.69) is 22.0 Å². The third-order valence-electron chi connectivity index (χ3n) is 2.32. The average Bonchev–Trinajstić information content (AvgIpc) is 2.78. The third kappa shape index (κ3) is 1.94. The Hall–Kier alpha value is -1.75. The molecule has 2 rings (SSSR count). The predicted molar refractivity (Wildman–Crippen MR) is 59.5 cm³/mol. The van der Waals surface area contributed by atoms with Crippen LogP contribution in [-0.2, 0) is 6.42 Å². The third-order valence-corrected chi connectivity index (χ3v) is 2.32. The van der Waals surface area contributed by atoms with E-state index in [1.165, 1.54) is 0 Å². The number of nitrogens with two attached hydrogens (primary N) is 1. The molecular weight excluding hydrogens is 204 g/mol. The lowest BCUT2D eigenvalue weighted by Gasteiger charge is -2.00. The summed E-state index contributed by atoms with van der Waals surface area (Å²) in [6.45, 7) is 3.86. The molecule has 0 bridgehead atoms. The molecule has 0 amide bonds. The summed E-state index contributed by atoms with van der Waals surface area (Å²) in [7, 11) is 0. The lowest BCUT2D eigenvalue weighted by Crippen LogP contribution is -2.05. The van der Waals surface area contributed by atoms with Crippen LogP contribution in [0.4, 0.5) is 0 Å². The molecule has 16 heavy (non-hydrogen) atoms. The first-order valence-electron chi connectivity index (χ1n) is 5.25. The maximum Gasteiger partial charge on any atom is 0.243 e. The number of rotatable bonds is 3. The van der Waals surface area contributed by atoms with Gasteiger partial charge in [0.15, 0.2) is 0 Å². The van der Waals surface area contributed by atoms with E-state index in [1.807, 2.05) is 12.1 Å². The van der Waals surface area contributed by atoms with Gasteiger partial charge in [-0.1, -0.05) is 18.1 Å². The van der Waals surface area contributed by atoms with Gasteiger partial charge in [-0.25, -0.2) is 0 Å². The number of aromatic nitrogens is 3. The molecule has 2 heterocycles. The van der Waals surface area contributed by atoms with Crippen LogP contribution in [0.15, 0.2) is 22.9 Å². The Morgan fingerprint density at radius 2 is 2.31 bits per heavy atom. The maximum atomic E-state index is 5.66. The molecule has 2 aromatic heterocycles. The zero-order valence-corrected chi connectivity index (χ0v) is 9.34. The van der Waals surface area contributed by atoms with Gasteiger partial charge in [-0.2, -0.15) is 4.98 Å². The average molecular weight is 218 g/mol. The molecule has 0 aliphatic heterocycles. The van der Waals surface area contributed by atoms with Gasteiger partial charge in [-0.05, 0) is 25.0 Å². The van der Waals surface area contributed by atoms with Crippen molar-refractivity contribution in [3.8, 4) is 11.5 Å². The van der Waals surface area contributed by atoms with E-state index in [1.54, 1.807) is 13.1 Å². The largest absolute Gasteiger partial charge is 0.337 e. The Morgan fingerprint density at radius 1 is 1.50 bits per heavy atom. The van der Waals surface area contributed by atoms with Crippen molar-refractivity contribution in [2.75, 3.05) is 0 Å². The standard InChI is InChI=1S/C11H14N4O/c1-3-8-5-4-6-13-9(8)10-14-11(7(2)12)16-15-10/h4-7H,3,12H2,1-2H3/t7-/m1/s1. The Balaban J connectivity index is 2.42. The van der Waals surface area contributed by atoms with Crippen LogP contribution in [0.3, 0.4) is 0 Å². The Morgan fingerprint density at radius 3 is 2.94 bits per heavy atom. The van der Waals surface area contributed by atoms with Crippen LogP contribution in [0, 0.1) is 0 Å². The fourth-order valence-corrected chi connectivity index (χ4v) is 1.44. The second kappa shape index (κ2) is 4.40. The molecule has 0 unspecified atom stereocenters. The number of hydrogen-bond acceptors (Lipinski definition) is 5. The summed E-state index contributed by atoms with van der Waals surface area (Å²) in [5, 5.41) is 3.89. The van der Waals surface area contributed by atoms with Gasteiger partial charge in [0.05, 0.1) is 6.04 Å². The highest BCUT2D eigenvalue weighted by Gasteiger charge is 2.14. The van der Waals surface area contributed by atoms with E-state index in [0.29, 0.717) is 11.7 Å². The van der Waals surface area contributed by atoms with Crippen molar-refractivity contribution >= 4 is 0 Å². The Kier molecular flexibility index (Phi) is 2.96. The van der Waals surface area contributed by atoms with Gasteiger partial charge in [0, 0.05) is 6.20 Å². The van der Waals surface area contributed by atoms with Crippen LogP contribution < -0.4 is 5.73 Å². The topological polar surface area (TPSA) is 77.8 Å². The quantitative estimate of drug-likeness (QED) is 0.848. The number of aryl methyl sites for hydroxylation is 1. The number of hydrogen-bond donors (Lipinski definition) is 1. The summed E-state index contributed by atoms with van der Waals surface area (Å²) in [6, 6.07) is 3.65. The predicted octanol–water partition coefficient (Wildman–Crippen LogP) is 1.71. The van der Waals surface area contributed by atoms with Crippen LogP contribution in [0.1, 0.15) is 31.3 Å². The van der Waals surface area contributed by atoms with E-state index in [-0.39, 0.29) is 6.04 Å². The lowest BCUT2D eigenvalue weighted by atomic mass is 10.1. The molecule has 1 atom stereocenters. The number of pyridine rings is 1. The van der Waals surface area contributed by atoms with Crippen LogP contribution in [-0.4, -0.2) is 15.1 Å². The molecule has 84 valence electrons. The van der Waals surface area contributed by atoms with Gasteiger partial charge in [0.25, 0.3) is 0 Å². The highest BCUT2D eigenvalue weighted by atomic mass is 16.5. The van der Waals surface area contributed by atoms with Gasteiger partial charge in [0.1, 0.15) is 5.69 Å². The van der Waals surface area contributed by atoms with E-state index in [9.17, 15) is 0 Å². The summed E-state index contributed by atoms with van der Waals surface area (Å²) in [5.41, 5.74) is 7.52. The van der Waals surface area contributed by atoms with Crippen molar-refractivity contribution < 1.29 is 4.52 Å². The van der Waals surface area contributed by atoms with E-state index in [0.717, 1.165) is 17.7 Å². The molecule has 5 heteroatoms. The molecule has 0 spiro atoms. The van der Waals surface area contributed by atoms with Crippen molar-refractivity contribution in [1.29, 1.82) is 0 Å². The zero-order chi connectivity index (χ0) is 11.5. The maximum absolute atomic E-state index is 5.66.